The number of methoxy groups -OCH3 is 1. The zero-order chi connectivity index (χ0) is 26.0. The van der Waals surface area contributed by atoms with Crippen LogP contribution in [0.25, 0.3) is 10.2 Å². The highest BCUT2D eigenvalue weighted by molar-refractivity contribution is 7.89. The summed E-state index contributed by atoms with van der Waals surface area (Å²) < 4.78 is 34.7. The van der Waals surface area contributed by atoms with Gasteiger partial charge >= 0.3 is 0 Å². The first-order valence-corrected chi connectivity index (χ1v) is 14.4. The number of thiazole rings is 1. The smallest absolute Gasteiger partial charge is 0.247 e. The van der Waals surface area contributed by atoms with E-state index < -0.39 is 16.1 Å². The maximum Gasteiger partial charge on any atom is 0.247 e. The highest BCUT2D eigenvalue weighted by Gasteiger charge is 2.42. The summed E-state index contributed by atoms with van der Waals surface area (Å²) in [6, 6.07) is 15.2. The Hall–Kier alpha value is -3.34. The van der Waals surface area contributed by atoms with E-state index in [2.05, 4.69) is 11.9 Å². The Morgan fingerprint density at radius 2 is 1.97 bits per heavy atom. The van der Waals surface area contributed by atoms with Gasteiger partial charge < -0.3 is 4.74 Å². The van der Waals surface area contributed by atoms with E-state index in [1.807, 2.05) is 30.3 Å². The highest BCUT2D eigenvalue weighted by Crippen LogP contribution is 2.35. The highest BCUT2D eigenvalue weighted by atomic mass is 32.2. The Morgan fingerprint density at radius 3 is 2.68 bits per heavy atom. The number of hydrogen-bond acceptors (Lipinski definition) is 7. The minimum Gasteiger partial charge on any atom is -0.497 e. The largest absolute Gasteiger partial charge is 0.497 e. The van der Waals surface area contributed by atoms with Crippen LogP contribution in [0.2, 0.25) is 0 Å². The third-order valence-electron chi connectivity index (χ3n) is 6.59. The standard InChI is InChI=1S/C27H28N4O4S2/c1-3-20-8-4-10-24-25(20)29-27(36-24)30(18-19-7-5-15-28-17-19)26(32)23-9-6-16-31(23)37(33,34)22-13-11-21(35-2)12-14-22/h4-5,7-8,10-15,17,23H,3,6,9,16,18H2,1-2H3. The fraction of sp³-hybridized carbons (Fsp3) is 0.296. The summed E-state index contributed by atoms with van der Waals surface area (Å²) >= 11 is 1.44. The van der Waals surface area contributed by atoms with E-state index in [0.29, 0.717) is 23.7 Å². The molecule has 1 saturated heterocycles. The number of aromatic nitrogens is 2. The van der Waals surface area contributed by atoms with Gasteiger partial charge in [-0.15, -0.1) is 0 Å². The van der Waals surface area contributed by atoms with Crippen molar-refractivity contribution in [1.82, 2.24) is 14.3 Å². The van der Waals surface area contributed by atoms with Crippen molar-refractivity contribution in [2.45, 2.75) is 43.7 Å². The number of amides is 1. The predicted octanol–water partition coefficient (Wildman–Crippen LogP) is 4.65. The summed E-state index contributed by atoms with van der Waals surface area (Å²) in [6.07, 6.45) is 5.27. The van der Waals surface area contributed by atoms with Crippen LogP contribution in [-0.4, -0.2) is 48.3 Å². The van der Waals surface area contributed by atoms with Crippen molar-refractivity contribution >= 4 is 42.6 Å². The molecule has 1 atom stereocenters. The number of aryl methyl sites for hydroxylation is 1. The number of nitrogens with zero attached hydrogens (tertiary/aromatic N) is 4. The fourth-order valence-electron chi connectivity index (χ4n) is 4.65. The van der Waals surface area contributed by atoms with Gasteiger partial charge in [0.05, 0.1) is 28.8 Å². The Labute approximate surface area is 220 Å². The Balaban J connectivity index is 1.52. The van der Waals surface area contributed by atoms with Gasteiger partial charge in [-0.25, -0.2) is 13.4 Å². The third kappa shape index (κ3) is 4.96. The van der Waals surface area contributed by atoms with E-state index in [-0.39, 0.29) is 23.9 Å². The van der Waals surface area contributed by atoms with Gasteiger partial charge in [0.2, 0.25) is 15.9 Å². The average Bonchev–Trinajstić information content (AvgIpc) is 3.60. The molecule has 8 nitrogen and oxygen atoms in total. The van der Waals surface area contributed by atoms with Crippen LogP contribution < -0.4 is 9.64 Å². The van der Waals surface area contributed by atoms with Gasteiger partial charge in [-0.2, -0.15) is 4.31 Å². The lowest BCUT2D eigenvalue weighted by Crippen LogP contribution is -2.47. The van der Waals surface area contributed by atoms with Gasteiger partial charge in [-0.1, -0.05) is 36.5 Å². The molecule has 3 heterocycles. The van der Waals surface area contributed by atoms with Crippen LogP contribution >= 0.6 is 11.3 Å². The summed E-state index contributed by atoms with van der Waals surface area (Å²) in [5.41, 5.74) is 2.83. The van der Waals surface area contributed by atoms with Gasteiger partial charge in [0.25, 0.3) is 0 Å². The number of pyridine rings is 1. The van der Waals surface area contributed by atoms with E-state index in [0.717, 1.165) is 27.8 Å². The number of fused-ring (bicyclic) bond motifs is 1. The van der Waals surface area contributed by atoms with Gasteiger partial charge in [0.15, 0.2) is 5.13 Å². The Bertz CT molecular complexity index is 1500. The molecule has 0 bridgehead atoms. The second-order valence-electron chi connectivity index (χ2n) is 8.85. The molecule has 4 aromatic rings. The van der Waals surface area contributed by atoms with Crippen LogP contribution in [0, 0.1) is 0 Å². The maximum absolute atomic E-state index is 14.1. The minimum absolute atomic E-state index is 0.138. The minimum atomic E-state index is -3.88. The number of carbonyl (C=O) groups excluding carboxylic acids is 1. The van der Waals surface area contributed by atoms with Crippen LogP contribution in [0.3, 0.4) is 0 Å². The molecule has 5 rings (SSSR count). The first-order valence-electron chi connectivity index (χ1n) is 12.2. The van der Waals surface area contributed by atoms with Crippen molar-refractivity contribution in [3.63, 3.8) is 0 Å². The van der Waals surface area contributed by atoms with Gasteiger partial charge in [-0.3, -0.25) is 14.7 Å². The normalized spacial score (nSPS) is 16.2. The van der Waals surface area contributed by atoms with E-state index in [9.17, 15) is 13.2 Å². The summed E-state index contributed by atoms with van der Waals surface area (Å²) in [5.74, 6) is 0.286. The van der Waals surface area contributed by atoms with E-state index >= 15 is 0 Å². The number of sulfonamides is 1. The quantitative estimate of drug-likeness (QED) is 0.326. The molecule has 192 valence electrons. The maximum atomic E-state index is 14.1. The molecule has 1 aliphatic heterocycles. The van der Waals surface area contributed by atoms with Crippen molar-refractivity contribution in [1.29, 1.82) is 0 Å². The molecule has 1 amide bonds. The van der Waals surface area contributed by atoms with E-state index in [1.54, 1.807) is 29.4 Å². The number of ether oxygens (including phenoxy) is 1. The predicted molar refractivity (Wildman–Crippen MR) is 144 cm³/mol. The molecule has 0 saturated carbocycles. The third-order valence-corrected chi connectivity index (χ3v) is 9.55. The molecule has 0 spiro atoms. The van der Waals surface area contributed by atoms with E-state index in [1.165, 1.54) is 34.9 Å². The summed E-state index contributed by atoms with van der Waals surface area (Å²) in [5, 5.41) is 0.554. The van der Waals surface area contributed by atoms with Gasteiger partial charge in [-0.05, 0) is 66.8 Å². The molecule has 0 radical (unpaired) electrons. The molecule has 37 heavy (non-hydrogen) atoms. The number of benzene rings is 2. The Kier molecular flexibility index (Phi) is 7.23. The lowest BCUT2D eigenvalue weighted by atomic mass is 10.1. The summed E-state index contributed by atoms with van der Waals surface area (Å²) in [6.45, 7) is 2.61. The van der Waals surface area contributed by atoms with Crippen LogP contribution in [0.5, 0.6) is 5.75 Å². The topological polar surface area (TPSA) is 92.7 Å². The fourth-order valence-corrected chi connectivity index (χ4v) is 7.32. The van der Waals surface area contributed by atoms with E-state index in [4.69, 9.17) is 9.72 Å². The van der Waals surface area contributed by atoms with Crippen molar-refractivity contribution in [3.8, 4) is 5.75 Å². The van der Waals surface area contributed by atoms with Crippen LogP contribution in [0.4, 0.5) is 5.13 Å². The molecule has 1 aliphatic rings. The van der Waals surface area contributed by atoms with Crippen LogP contribution in [0.1, 0.15) is 30.9 Å². The summed E-state index contributed by atoms with van der Waals surface area (Å²) in [7, 11) is -2.35. The molecule has 2 aromatic heterocycles. The zero-order valence-electron chi connectivity index (χ0n) is 20.7. The van der Waals surface area contributed by atoms with Crippen molar-refractivity contribution in [2.24, 2.45) is 0 Å². The lowest BCUT2D eigenvalue weighted by Gasteiger charge is -2.28. The molecule has 2 aromatic carbocycles. The molecular formula is C27H28N4O4S2. The average molecular weight is 537 g/mol. The first kappa shape index (κ1) is 25.3. The molecule has 1 unspecified atom stereocenters. The zero-order valence-corrected chi connectivity index (χ0v) is 22.3. The number of carbonyl (C=O) groups is 1. The molecule has 0 N–H and O–H groups in total. The van der Waals surface area contributed by atoms with Crippen molar-refractivity contribution in [3.05, 3.63) is 78.1 Å². The molecule has 0 aliphatic carbocycles. The first-order chi connectivity index (χ1) is 17.9. The number of hydrogen-bond donors (Lipinski definition) is 0. The summed E-state index contributed by atoms with van der Waals surface area (Å²) in [4.78, 5) is 24.9. The number of anilines is 1. The van der Waals surface area contributed by atoms with Gasteiger partial charge in [0, 0.05) is 18.9 Å². The van der Waals surface area contributed by atoms with Crippen molar-refractivity contribution < 1.29 is 17.9 Å². The monoisotopic (exact) mass is 536 g/mol. The molecular weight excluding hydrogens is 508 g/mol. The van der Waals surface area contributed by atoms with Crippen LogP contribution in [0.15, 0.2) is 71.9 Å². The Morgan fingerprint density at radius 1 is 1.16 bits per heavy atom. The second kappa shape index (κ2) is 10.6. The van der Waals surface area contributed by atoms with Gasteiger partial charge in [0.1, 0.15) is 11.8 Å². The SMILES string of the molecule is CCc1cccc2sc(N(Cc3cccnc3)C(=O)C3CCCN3S(=O)(=O)c3ccc(OC)cc3)nc12. The second-order valence-corrected chi connectivity index (χ2v) is 11.7. The molecule has 10 heteroatoms. The lowest BCUT2D eigenvalue weighted by molar-refractivity contribution is -0.121. The number of rotatable bonds is 8. The molecule has 1 fully saturated rings. The van der Waals surface area contributed by atoms with Crippen molar-refractivity contribution in [2.75, 3.05) is 18.6 Å². The number of para-hydroxylation sites is 1. The van der Waals surface area contributed by atoms with Crippen LogP contribution in [-0.2, 0) is 27.8 Å².